The lowest BCUT2D eigenvalue weighted by Crippen LogP contribution is -2.38. The number of amides is 1. The maximum Gasteiger partial charge on any atom is 0.419 e. The van der Waals surface area contributed by atoms with Crippen LogP contribution in [0.1, 0.15) is 33.1 Å². The van der Waals surface area contributed by atoms with Crippen LogP contribution in [0.5, 0.6) is 0 Å². The van der Waals surface area contributed by atoms with Gasteiger partial charge in [-0.25, -0.2) is 9.37 Å². The maximum absolute atomic E-state index is 14.2. The first-order valence-corrected chi connectivity index (χ1v) is 12.8. The van der Waals surface area contributed by atoms with Crippen molar-refractivity contribution in [3.63, 3.8) is 0 Å². The summed E-state index contributed by atoms with van der Waals surface area (Å²) in [6.07, 6.45) is -1.50. The third kappa shape index (κ3) is 5.71. The summed E-state index contributed by atoms with van der Waals surface area (Å²) in [5.41, 5.74) is 0.862. The van der Waals surface area contributed by atoms with E-state index in [1.807, 2.05) is 11.0 Å². The SMILES string of the molecule is CN(Cc1ccc(C(F)(F)F)c(F)c1)C1CN(C(=O)c2ccc3cnccc3n2)CC1c1ccc(Cl)c(Cl)c1. The Balaban J connectivity index is 1.43. The molecule has 2 aromatic heterocycles. The number of fused-ring (bicyclic) bond motifs is 1. The molecule has 1 aliphatic rings. The lowest BCUT2D eigenvalue weighted by molar-refractivity contribution is -0.140. The molecule has 4 aromatic rings. The molecule has 202 valence electrons. The van der Waals surface area contributed by atoms with Crippen molar-refractivity contribution >= 4 is 40.0 Å². The van der Waals surface area contributed by atoms with Gasteiger partial charge in [0.15, 0.2) is 0 Å². The van der Waals surface area contributed by atoms with Crippen molar-refractivity contribution in [1.29, 1.82) is 0 Å². The van der Waals surface area contributed by atoms with Crippen molar-refractivity contribution in [2.24, 2.45) is 0 Å². The maximum atomic E-state index is 14.2. The first-order valence-electron chi connectivity index (χ1n) is 12.0. The summed E-state index contributed by atoms with van der Waals surface area (Å²) >= 11 is 12.4. The van der Waals surface area contributed by atoms with E-state index in [-0.39, 0.29) is 30.1 Å². The molecular formula is C28H22Cl2F4N4O. The summed E-state index contributed by atoms with van der Waals surface area (Å²) in [4.78, 5) is 25.7. The molecule has 5 nitrogen and oxygen atoms in total. The van der Waals surface area contributed by atoms with Crippen molar-refractivity contribution in [3.05, 3.63) is 105 Å². The monoisotopic (exact) mass is 576 g/mol. The second kappa shape index (κ2) is 10.7. The Morgan fingerprint density at radius 3 is 2.56 bits per heavy atom. The zero-order valence-electron chi connectivity index (χ0n) is 20.6. The molecule has 5 rings (SSSR count). The molecule has 0 N–H and O–H groups in total. The molecule has 0 spiro atoms. The Kier molecular flexibility index (Phi) is 7.50. The van der Waals surface area contributed by atoms with E-state index in [9.17, 15) is 22.4 Å². The van der Waals surface area contributed by atoms with Gasteiger partial charge < -0.3 is 4.90 Å². The first-order chi connectivity index (χ1) is 18.5. The Hall–Kier alpha value is -3.27. The van der Waals surface area contributed by atoms with Crippen LogP contribution in [0, 0.1) is 5.82 Å². The highest BCUT2D eigenvalue weighted by molar-refractivity contribution is 6.42. The van der Waals surface area contributed by atoms with Crippen LogP contribution in [0.25, 0.3) is 10.9 Å². The molecule has 1 amide bonds. The number of nitrogens with zero attached hydrogens (tertiary/aromatic N) is 4. The van der Waals surface area contributed by atoms with Crippen LogP contribution in [0.4, 0.5) is 17.6 Å². The van der Waals surface area contributed by atoms with Gasteiger partial charge in [-0.1, -0.05) is 35.3 Å². The fourth-order valence-corrected chi connectivity index (χ4v) is 5.31. The van der Waals surface area contributed by atoms with E-state index in [1.165, 1.54) is 6.07 Å². The van der Waals surface area contributed by atoms with E-state index >= 15 is 0 Å². The summed E-state index contributed by atoms with van der Waals surface area (Å²) in [5.74, 6) is -1.77. The number of rotatable bonds is 5. The second-order valence-electron chi connectivity index (χ2n) is 9.55. The smallest absolute Gasteiger partial charge is 0.335 e. The normalized spacial score (nSPS) is 17.8. The summed E-state index contributed by atoms with van der Waals surface area (Å²) in [6, 6.07) is 13.1. The first kappa shape index (κ1) is 27.3. The van der Waals surface area contributed by atoms with Crippen LogP contribution < -0.4 is 0 Å². The van der Waals surface area contributed by atoms with E-state index in [1.54, 1.807) is 54.7 Å². The number of aromatic nitrogens is 2. The van der Waals surface area contributed by atoms with Gasteiger partial charge in [0.1, 0.15) is 11.5 Å². The van der Waals surface area contributed by atoms with Crippen LogP contribution in [-0.2, 0) is 12.7 Å². The van der Waals surface area contributed by atoms with Crippen LogP contribution >= 0.6 is 23.2 Å². The third-order valence-corrected chi connectivity index (χ3v) is 7.73. The van der Waals surface area contributed by atoms with Crippen LogP contribution in [-0.4, -0.2) is 51.9 Å². The van der Waals surface area contributed by atoms with Gasteiger partial charge in [0.25, 0.3) is 5.91 Å². The predicted octanol–water partition coefficient (Wildman–Crippen LogP) is 6.83. The van der Waals surface area contributed by atoms with Crippen molar-refractivity contribution < 1.29 is 22.4 Å². The molecule has 1 saturated heterocycles. The minimum atomic E-state index is -4.77. The van der Waals surface area contributed by atoms with E-state index in [0.29, 0.717) is 34.2 Å². The molecule has 2 aromatic carbocycles. The lowest BCUT2D eigenvalue weighted by atomic mass is 9.93. The largest absolute Gasteiger partial charge is 0.419 e. The fourth-order valence-electron chi connectivity index (χ4n) is 5.01. The standard InChI is InChI=1S/C28H22Cl2F4N4O/c1-37(13-16-2-5-20(23(31)10-16)28(32,33)34)26-15-38(14-19(26)17-3-6-21(29)22(30)11-17)27(39)25-7-4-18-12-35-9-8-24(18)36-25/h2-12,19,26H,13-15H2,1H3. The molecule has 39 heavy (non-hydrogen) atoms. The number of alkyl halides is 3. The molecule has 2 atom stereocenters. The highest BCUT2D eigenvalue weighted by Gasteiger charge is 2.39. The van der Waals surface area contributed by atoms with Gasteiger partial charge in [-0.05, 0) is 60.6 Å². The number of halogens is 6. The molecule has 0 radical (unpaired) electrons. The fraction of sp³-hybridized carbons (Fsp3) is 0.250. The van der Waals surface area contributed by atoms with Crippen LogP contribution in [0.15, 0.2) is 67.0 Å². The highest BCUT2D eigenvalue weighted by atomic mass is 35.5. The average molecular weight is 577 g/mol. The van der Waals surface area contributed by atoms with Gasteiger partial charge in [-0.15, -0.1) is 0 Å². The zero-order chi connectivity index (χ0) is 27.9. The van der Waals surface area contributed by atoms with E-state index < -0.39 is 17.6 Å². The summed E-state index contributed by atoms with van der Waals surface area (Å²) < 4.78 is 53.3. The molecule has 0 saturated carbocycles. The summed E-state index contributed by atoms with van der Waals surface area (Å²) in [7, 11) is 1.79. The second-order valence-corrected chi connectivity index (χ2v) is 10.4. The van der Waals surface area contributed by atoms with Crippen molar-refractivity contribution in [3.8, 4) is 0 Å². The minimum absolute atomic E-state index is 0.167. The zero-order valence-corrected chi connectivity index (χ0v) is 22.1. The number of benzene rings is 2. The molecule has 0 bridgehead atoms. The predicted molar refractivity (Wildman–Crippen MR) is 141 cm³/mol. The van der Waals surface area contributed by atoms with Crippen molar-refractivity contribution in [1.82, 2.24) is 19.8 Å². The number of hydrogen-bond donors (Lipinski definition) is 0. The number of carbonyl (C=O) groups excluding carboxylic acids is 1. The van der Waals surface area contributed by atoms with Crippen LogP contribution in [0.2, 0.25) is 10.0 Å². The third-order valence-electron chi connectivity index (χ3n) is 6.99. The van der Waals surface area contributed by atoms with E-state index in [4.69, 9.17) is 23.2 Å². The number of pyridine rings is 2. The summed E-state index contributed by atoms with van der Waals surface area (Å²) in [5, 5.41) is 1.58. The molecule has 1 aliphatic heterocycles. The van der Waals surface area contributed by atoms with Gasteiger partial charge in [0, 0.05) is 49.4 Å². The Bertz CT molecular complexity index is 1550. The number of hydrogen-bond acceptors (Lipinski definition) is 4. The van der Waals surface area contributed by atoms with E-state index in [2.05, 4.69) is 9.97 Å². The van der Waals surface area contributed by atoms with Crippen molar-refractivity contribution in [2.45, 2.75) is 24.7 Å². The molecular weight excluding hydrogens is 555 g/mol. The topological polar surface area (TPSA) is 49.3 Å². The number of likely N-dealkylation sites (tertiary alicyclic amines) is 1. The van der Waals surface area contributed by atoms with Crippen LogP contribution in [0.3, 0.4) is 0 Å². The van der Waals surface area contributed by atoms with Gasteiger partial charge in [-0.3, -0.25) is 14.7 Å². The van der Waals surface area contributed by atoms with Gasteiger partial charge in [-0.2, -0.15) is 13.2 Å². The molecule has 11 heteroatoms. The molecule has 3 heterocycles. The molecule has 1 fully saturated rings. The number of carbonyl (C=O) groups is 1. The van der Waals surface area contributed by atoms with Gasteiger partial charge in [0.2, 0.25) is 0 Å². The quantitative estimate of drug-likeness (QED) is 0.244. The molecule has 0 aliphatic carbocycles. The Labute approximate surface area is 232 Å². The molecule has 2 unspecified atom stereocenters. The minimum Gasteiger partial charge on any atom is -0.335 e. The average Bonchev–Trinajstić information content (AvgIpc) is 3.34. The highest BCUT2D eigenvalue weighted by Crippen LogP contribution is 2.36. The van der Waals surface area contributed by atoms with Gasteiger partial charge in [0.05, 0.1) is 21.1 Å². The van der Waals surface area contributed by atoms with Crippen molar-refractivity contribution in [2.75, 3.05) is 20.1 Å². The van der Waals surface area contributed by atoms with E-state index in [0.717, 1.165) is 23.1 Å². The Morgan fingerprint density at radius 1 is 1.05 bits per heavy atom. The summed E-state index contributed by atoms with van der Waals surface area (Å²) in [6.45, 7) is 0.837. The lowest BCUT2D eigenvalue weighted by Gasteiger charge is -2.29. The van der Waals surface area contributed by atoms with Gasteiger partial charge >= 0.3 is 6.18 Å². The Morgan fingerprint density at radius 2 is 1.85 bits per heavy atom. The number of likely N-dealkylation sites (N-methyl/N-ethyl adjacent to an activating group) is 1.